The molecule has 6 nitrogen and oxygen atoms in total. The lowest BCUT2D eigenvalue weighted by Crippen LogP contribution is -2.38. The van der Waals surface area contributed by atoms with Crippen molar-refractivity contribution in [3.05, 3.63) is 35.9 Å². The fraction of sp³-hybridized carbons (Fsp3) is 0.529. The van der Waals surface area contributed by atoms with Gasteiger partial charge in [0, 0.05) is 19.6 Å². The highest BCUT2D eigenvalue weighted by atomic mass is 16.5. The molecule has 0 bridgehead atoms. The number of carbonyl (C=O) groups excluding carboxylic acids is 2. The molecule has 6 heteroatoms. The van der Waals surface area contributed by atoms with Gasteiger partial charge in [0.1, 0.15) is 19.6 Å². The van der Waals surface area contributed by atoms with Gasteiger partial charge in [-0.3, -0.25) is 14.5 Å². The van der Waals surface area contributed by atoms with E-state index in [4.69, 9.17) is 14.2 Å². The number of benzene rings is 1. The van der Waals surface area contributed by atoms with Crippen LogP contribution in [0.25, 0.3) is 0 Å². The van der Waals surface area contributed by atoms with E-state index >= 15 is 0 Å². The van der Waals surface area contributed by atoms with Crippen LogP contribution in [0.15, 0.2) is 30.3 Å². The molecule has 0 unspecified atom stereocenters. The highest BCUT2D eigenvalue weighted by Gasteiger charge is 2.13. The van der Waals surface area contributed by atoms with Gasteiger partial charge < -0.3 is 14.2 Å². The first-order chi connectivity index (χ1) is 11.2. The van der Waals surface area contributed by atoms with Gasteiger partial charge in [-0.2, -0.15) is 0 Å². The van der Waals surface area contributed by atoms with Crippen molar-refractivity contribution in [3.8, 4) is 0 Å². The van der Waals surface area contributed by atoms with Crippen LogP contribution in [0.3, 0.4) is 0 Å². The number of hydrogen-bond donors (Lipinski definition) is 0. The molecule has 1 fully saturated rings. The van der Waals surface area contributed by atoms with E-state index in [2.05, 4.69) is 4.90 Å². The molecule has 1 aliphatic rings. The Morgan fingerprint density at radius 1 is 1.13 bits per heavy atom. The van der Waals surface area contributed by atoms with Crippen LogP contribution < -0.4 is 0 Å². The van der Waals surface area contributed by atoms with Gasteiger partial charge in [0.15, 0.2) is 5.78 Å². The maximum Gasteiger partial charge on any atom is 0.313 e. The molecule has 0 N–H and O–H groups in total. The monoisotopic (exact) mass is 321 g/mol. The SMILES string of the molecule is O=C(COCCN1CCOCC1)CC(=O)OCc1ccccc1. The maximum absolute atomic E-state index is 11.7. The molecule has 0 atom stereocenters. The van der Waals surface area contributed by atoms with Crippen LogP contribution in [0.5, 0.6) is 0 Å². The molecule has 0 amide bonds. The van der Waals surface area contributed by atoms with E-state index < -0.39 is 5.97 Å². The summed E-state index contributed by atoms with van der Waals surface area (Å²) in [6, 6.07) is 9.37. The second-order valence-electron chi connectivity index (χ2n) is 5.37. The number of nitrogens with zero attached hydrogens (tertiary/aromatic N) is 1. The molecule has 126 valence electrons. The Morgan fingerprint density at radius 2 is 1.87 bits per heavy atom. The Kier molecular flexibility index (Phi) is 7.72. The van der Waals surface area contributed by atoms with Crippen LogP contribution in [0, 0.1) is 0 Å². The highest BCUT2D eigenvalue weighted by Crippen LogP contribution is 2.02. The lowest BCUT2D eigenvalue weighted by atomic mass is 10.2. The van der Waals surface area contributed by atoms with Gasteiger partial charge in [0.25, 0.3) is 0 Å². The summed E-state index contributed by atoms with van der Waals surface area (Å²) in [6.07, 6.45) is -0.246. The fourth-order valence-electron chi connectivity index (χ4n) is 2.21. The van der Waals surface area contributed by atoms with E-state index in [0.29, 0.717) is 6.61 Å². The number of Topliss-reactive ketones (excluding diaryl/α,β-unsaturated/α-hetero) is 1. The van der Waals surface area contributed by atoms with E-state index in [1.54, 1.807) is 0 Å². The van der Waals surface area contributed by atoms with Gasteiger partial charge in [-0.25, -0.2) is 0 Å². The number of esters is 1. The van der Waals surface area contributed by atoms with Gasteiger partial charge in [-0.15, -0.1) is 0 Å². The Bertz CT molecular complexity index is 485. The predicted molar refractivity (Wildman–Crippen MR) is 83.9 cm³/mol. The Balaban J connectivity index is 1.52. The molecule has 0 radical (unpaired) electrons. The smallest absolute Gasteiger partial charge is 0.313 e. The largest absolute Gasteiger partial charge is 0.460 e. The maximum atomic E-state index is 11.7. The lowest BCUT2D eigenvalue weighted by Gasteiger charge is -2.26. The molecular weight excluding hydrogens is 298 g/mol. The number of rotatable bonds is 9. The standard InChI is InChI=1S/C17H23NO5/c19-16(14-22-11-8-18-6-9-21-10-7-18)12-17(20)23-13-15-4-2-1-3-5-15/h1-5H,6-14H2. The summed E-state index contributed by atoms with van der Waals surface area (Å²) < 4.78 is 15.6. The summed E-state index contributed by atoms with van der Waals surface area (Å²) >= 11 is 0. The molecule has 0 aromatic heterocycles. The minimum atomic E-state index is -0.518. The first-order valence-electron chi connectivity index (χ1n) is 7.83. The topological polar surface area (TPSA) is 65.1 Å². The third kappa shape index (κ3) is 7.36. The summed E-state index contributed by atoms with van der Waals surface area (Å²) in [5, 5.41) is 0. The van der Waals surface area contributed by atoms with Crippen LogP contribution in [-0.2, 0) is 30.4 Å². The number of hydrogen-bond acceptors (Lipinski definition) is 6. The van der Waals surface area contributed by atoms with E-state index in [1.165, 1.54) is 0 Å². The molecule has 1 aliphatic heterocycles. The average molecular weight is 321 g/mol. The van der Waals surface area contributed by atoms with Crippen molar-refractivity contribution in [1.82, 2.24) is 4.90 Å². The minimum Gasteiger partial charge on any atom is -0.460 e. The lowest BCUT2D eigenvalue weighted by molar-refractivity contribution is -0.148. The van der Waals surface area contributed by atoms with Crippen LogP contribution in [0.4, 0.5) is 0 Å². The molecule has 1 heterocycles. The normalized spacial score (nSPS) is 15.3. The first-order valence-corrected chi connectivity index (χ1v) is 7.83. The molecule has 1 saturated heterocycles. The second-order valence-corrected chi connectivity index (χ2v) is 5.37. The number of morpholine rings is 1. The number of ketones is 1. The zero-order chi connectivity index (χ0) is 16.3. The molecule has 1 aromatic carbocycles. The van der Waals surface area contributed by atoms with Crippen molar-refractivity contribution in [2.75, 3.05) is 46.1 Å². The zero-order valence-corrected chi connectivity index (χ0v) is 13.2. The second kappa shape index (κ2) is 10.1. The van der Waals surface area contributed by atoms with Crippen molar-refractivity contribution < 1.29 is 23.8 Å². The number of ether oxygens (including phenoxy) is 3. The summed E-state index contributed by atoms with van der Waals surface area (Å²) in [5.74, 6) is -0.777. The first kappa shape index (κ1) is 17.6. The summed E-state index contributed by atoms with van der Waals surface area (Å²) in [5.41, 5.74) is 0.898. The third-order valence-electron chi connectivity index (χ3n) is 3.50. The van der Waals surface area contributed by atoms with Crippen LogP contribution in [0.2, 0.25) is 0 Å². The van der Waals surface area contributed by atoms with Crippen molar-refractivity contribution in [1.29, 1.82) is 0 Å². The van der Waals surface area contributed by atoms with Crippen molar-refractivity contribution in [3.63, 3.8) is 0 Å². The van der Waals surface area contributed by atoms with E-state index in [-0.39, 0.29) is 25.4 Å². The zero-order valence-electron chi connectivity index (χ0n) is 13.2. The molecule has 0 spiro atoms. The molecule has 0 saturated carbocycles. The molecule has 0 aliphatic carbocycles. The summed E-state index contributed by atoms with van der Waals surface area (Å²) in [7, 11) is 0. The third-order valence-corrected chi connectivity index (χ3v) is 3.50. The highest BCUT2D eigenvalue weighted by molar-refractivity contribution is 5.96. The van der Waals surface area contributed by atoms with Gasteiger partial charge in [0.05, 0.1) is 19.8 Å². The van der Waals surface area contributed by atoms with Crippen LogP contribution in [0.1, 0.15) is 12.0 Å². The number of carbonyl (C=O) groups is 2. The van der Waals surface area contributed by atoms with Gasteiger partial charge in [0.2, 0.25) is 0 Å². The van der Waals surface area contributed by atoms with Crippen molar-refractivity contribution in [2.24, 2.45) is 0 Å². The van der Waals surface area contributed by atoms with Gasteiger partial charge >= 0.3 is 5.97 Å². The van der Waals surface area contributed by atoms with Gasteiger partial charge in [-0.1, -0.05) is 30.3 Å². The Morgan fingerprint density at radius 3 is 2.61 bits per heavy atom. The average Bonchev–Trinajstić information content (AvgIpc) is 2.59. The van der Waals surface area contributed by atoms with E-state index in [0.717, 1.165) is 38.4 Å². The quantitative estimate of drug-likeness (QED) is 0.385. The molecule has 2 rings (SSSR count). The van der Waals surface area contributed by atoms with Gasteiger partial charge in [-0.05, 0) is 5.56 Å². The minimum absolute atomic E-state index is 0.0508. The van der Waals surface area contributed by atoms with E-state index in [1.807, 2.05) is 30.3 Å². The molecule has 23 heavy (non-hydrogen) atoms. The summed E-state index contributed by atoms with van der Waals surface area (Å²) in [4.78, 5) is 25.5. The van der Waals surface area contributed by atoms with Crippen LogP contribution >= 0.6 is 0 Å². The molecule has 1 aromatic rings. The fourth-order valence-corrected chi connectivity index (χ4v) is 2.21. The predicted octanol–water partition coefficient (Wildman–Crippen LogP) is 1.04. The van der Waals surface area contributed by atoms with Crippen LogP contribution in [-0.4, -0.2) is 62.7 Å². The van der Waals surface area contributed by atoms with Crippen molar-refractivity contribution in [2.45, 2.75) is 13.0 Å². The Hall–Kier alpha value is -1.76. The van der Waals surface area contributed by atoms with E-state index in [9.17, 15) is 9.59 Å². The Labute approximate surface area is 136 Å². The van der Waals surface area contributed by atoms with Crippen molar-refractivity contribution >= 4 is 11.8 Å². The summed E-state index contributed by atoms with van der Waals surface area (Å²) in [6.45, 7) is 4.65. The molecular formula is C17H23NO5.